The summed E-state index contributed by atoms with van der Waals surface area (Å²) in [5.74, 6) is 0. The van der Waals surface area contributed by atoms with Gasteiger partial charge in [0.25, 0.3) is 0 Å². The van der Waals surface area contributed by atoms with Gasteiger partial charge < -0.3 is 0 Å². The van der Waals surface area contributed by atoms with Crippen LogP contribution in [0.2, 0.25) is 25.7 Å². The highest BCUT2D eigenvalue weighted by Gasteiger charge is 2.12. The molecule has 0 radical (unpaired) electrons. The summed E-state index contributed by atoms with van der Waals surface area (Å²) in [7, 11) is -0.922. The molecule has 0 atom stereocenters. The first-order valence-electron chi connectivity index (χ1n) is 7.56. The van der Waals surface area contributed by atoms with Gasteiger partial charge in [-0.1, -0.05) is 74.2 Å². The van der Waals surface area contributed by atoms with E-state index < -0.39 is 8.07 Å². The van der Waals surface area contributed by atoms with Crippen LogP contribution in [0.15, 0.2) is 48.5 Å². The molecule has 2 aromatic rings. The average molecular weight is 283 g/mol. The molecule has 2 rings (SSSR count). The van der Waals surface area contributed by atoms with E-state index in [2.05, 4.69) is 75.1 Å². The van der Waals surface area contributed by atoms with E-state index in [4.69, 9.17) is 0 Å². The molecule has 0 aliphatic rings. The van der Waals surface area contributed by atoms with E-state index in [-0.39, 0.29) is 0 Å². The Morgan fingerprint density at radius 1 is 0.800 bits per heavy atom. The third-order valence-electron chi connectivity index (χ3n) is 3.84. The molecule has 0 aliphatic carbocycles. The number of hydrogen-bond acceptors (Lipinski definition) is 0. The molecule has 0 aromatic heterocycles. The van der Waals surface area contributed by atoms with Gasteiger partial charge in [0.15, 0.2) is 0 Å². The average Bonchev–Trinajstić information content (AvgIpc) is 2.40. The second kappa shape index (κ2) is 6.40. The van der Waals surface area contributed by atoms with E-state index in [1.807, 2.05) is 0 Å². The summed E-state index contributed by atoms with van der Waals surface area (Å²) in [5, 5.41) is 0. The van der Waals surface area contributed by atoms with E-state index >= 15 is 0 Å². The molecule has 0 fully saturated rings. The van der Waals surface area contributed by atoms with Gasteiger partial charge in [-0.3, -0.25) is 0 Å². The van der Waals surface area contributed by atoms with Gasteiger partial charge in [0.1, 0.15) is 0 Å². The van der Waals surface area contributed by atoms with Gasteiger partial charge in [-0.25, -0.2) is 0 Å². The van der Waals surface area contributed by atoms with E-state index in [0.717, 1.165) is 6.42 Å². The minimum absolute atomic E-state index is 0.922. The fourth-order valence-electron chi connectivity index (χ4n) is 2.37. The van der Waals surface area contributed by atoms with Crippen molar-refractivity contribution in [1.82, 2.24) is 0 Å². The maximum absolute atomic E-state index is 2.44. The molecule has 0 bridgehead atoms. The summed E-state index contributed by atoms with van der Waals surface area (Å²) >= 11 is 0. The molecule has 1 heteroatoms. The van der Waals surface area contributed by atoms with Gasteiger partial charge in [0, 0.05) is 8.07 Å². The first kappa shape index (κ1) is 15.1. The molecule has 0 saturated heterocycles. The molecule has 0 unspecified atom stereocenters. The Bertz CT molecular complexity index is 547. The number of benzene rings is 2. The lowest BCUT2D eigenvalue weighted by atomic mass is 9.99. The molecule has 0 N–H and O–H groups in total. The standard InChI is InChI=1S/C19H26Si/c1-16-7-5-6-8-19(16)15-18-11-9-17(10-12-18)13-14-20(2,3)4/h5-12H,13-15H2,1-4H3. The Morgan fingerprint density at radius 2 is 1.40 bits per heavy atom. The van der Waals surface area contributed by atoms with Crippen molar-refractivity contribution in [2.75, 3.05) is 0 Å². The lowest BCUT2D eigenvalue weighted by molar-refractivity contribution is 1.08. The van der Waals surface area contributed by atoms with Crippen LogP contribution in [0, 0.1) is 6.92 Å². The molecule has 106 valence electrons. The Balaban J connectivity index is 2.00. The second-order valence-corrected chi connectivity index (χ2v) is 12.6. The van der Waals surface area contributed by atoms with Gasteiger partial charge in [-0.05, 0) is 42.0 Å². The first-order chi connectivity index (χ1) is 9.44. The predicted molar refractivity (Wildman–Crippen MR) is 92.3 cm³/mol. The van der Waals surface area contributed by atoms with Crippen molar-refractivity contribution in [3.63, 3.8) is 0 Å². The third-order valence-corrected chi connectivity index (χ3v) is 5.59. The number of rotatable bonds is 5. The summed E-state index contributed by atoms with van der Waals surface area (Å²) in [4.78, 5) is 0. The Kier molecular flexibility index (Phi) is 4.82. The normalized spacial score (nSPS) is 11.6. The zero-order valence-electron chi connectivity index (χ0n) is 13.2. The first-order valence-corrected chi connectivity index (χ1v) is 11.3. The van der Waals surface area contributed by atoms with Gasteiger partial charge >= 0.3 is 0 Å². The molecule has 0 amide bonds. The van der Waals surface area contributed by atoms with Crippen LogP contribution in [0.3, 0.4) is 0 Å². The molecule has 2 aromatic carbocycles. The van der Waals surface area contributed by atoms with Crippen LogP contribution in [-0.2, 0) is 12.8 Å². The molecule has 0 heterocycles. The number of hydrogen-bond donors (Lipinski definition) is 0. The SMILES string of the molecule is Cc1ccccc1Cc1ccc(CC[Si](C)(C)C)cc1. The van der Waals surface area contributed by atoms with Gasteiger partial charge in [0.05, 0.1) is 0 Å². The van der Waals surface area contributed by atoms with Crippen molar-refractivity contribution in [2.45, 2.75) is 45.5 Å². The summed E-state index contributed by atoms with van der Waals surface area (Å²) in [6, 6.07) is 19.3. The maximum atomic E-state index is 2.44. The van der Waals surface area contributed by atoms with Crippen LogP contribution in [0.25, 0.3) is 0 Å². The van der Waals surface area contributed by atoms with Crippen LogP contribution < -0.4 is 0 Å². The largest absolute Gasteiger partial charge is 0.0695 e. The lowest BCUT2D eigenvalue weighted by Gasteiger charge is -2.15. The van der Waals surface area contributed by atoms with Crippen LogP contribution in [0.4, 0.5) is 0 Å². The highest BCUT2D eigenvalue weighted by atomic mass is 28.3. The Labute approximate surface area is 124 Å². The minimum Gasteiger partial charge on any atom is -0.0695 e. The molecular formula is C19H26Si. The zero-order valence-corrected chi connectivity index (χ0v) is 14.2. The summed E-state index contributed by atoms with van der Waals surface area (Å²) in [5.41, 5.74) is 5.72. The van der Waals surface area contributed by atoms with Crippen LogP contribution in [0.5, 0.6) is 0 Å². The Morgan fingerprint density at radius 3 is 2.00 bits per heavy atom. The van der Waals surface area contributed by atoms with E-state index in [9.17, 15) is 0 Å². The van der Waals surface area contributed by atoms with Gasteiger partial charge in [-0.15, -0.1) is 0 Å². The zero-order chi connectivity index (χ0) is 14.6. The van der Waals surface area contributed by atoms with Crippen LogP contribution >= 0.6 is 0 Å². The Hall–Kier alpha value is -1.34. The van der Waals surface area contributed by atoms with E-state index in [1.54, 1.807) is 0 Å². The van der Waals surface area contributed by atoms with Gasteiger partial charge in [-0.2, -0.15) is 0 Å². The van der Waals surface area contributed by atoms with Crippen molar-refractivity contribution in [3.05, 3.63) is 70.8 Å². The third kappa shape index (κ3) is 4.64. The second-order valence-electron chi connectivity index (χ2n) is 6.98. The lowest BCUT2D eigenvalue weighted by Crippen LogP contribution is -2.19. The molecule has 0 aliphatic heterocycles. The van der Waals surface area contributed by atoms with Crippen molar-refractivity contribution in [1.29, 1.82) is 0 Å². The van der Waals surface area contributed by atoms with Crippen molar-refractivity contribution >= 4 is 8.07 Å². The number of aryl methyl sites for hydroxylation is 2. The summed E-state index contributed by atoms with van der Waals surface area (Å²) < 4.78 is 0. The maximum Gasteiger partial charge on any atom is 0.0445 e. The van der Waals surface area contributed by atoms with Crippen LogP contribution in [0.1, 0.15) is 22.3 Å². The molecular weight excluding hydrogens is 256 g/mol. The van der Waals surface area contributed by atoms with Crippen molar-refractivity contribution < 1.29 is 0 Å². The minimum atomic E-state index is -0.922. The summed E-state index contributed by atoms with van der Waals surface area (Å²) in [6.45, 7) is 9.52. The van der Waals surface area contributed by atoms with E-state index in [1.165, 1.54) is 34.7 Å². The monoisotopic (exact) mass is 282 g/mol. The van der Waals surface area contributed by atoms with Crippen molar-refractivity contribution in [3.8, 4) is 0 Å². The fourth-order valence-corrected chi connectivity index (χ4v) is 3.41. The molecule has 0 saturated carbocycles. The fraction of sp³-hybridized carbons (Fsp3) is 0.368. The van der Waals surface area contributed by atoms with E-state index in [0.29, 0.717) is 0 Å². The molecule has 0 nitrogen and oxygen atoms in total. The topological polar surface area (TPSA) is 0 Å². The smallest absolute Gasteiger partial charge is 0.0445 e. The predicted octanol–water partition coefficient (Wildman–Crippen LogP) is 5.47. The summed E-state index contributed by atoms with van der Waals surface area (Å²) in [6.07, 6.45) is 2.28. The highest BCUT2D eigenvalue weighted by molar-refractivity contribution is 6.76. The quantitative estimate of drug-likeness (QED) is 0.638. The molecule has 0 spiro atoms. The highest BCUT2D eigenvalue weighted by Crippen LogP contribution is 2.17. The molecule has 20 heavy (non-hydrogen) atoms. The van der Waals surface area contributed by atoms with Crippen LogP contribution in [-0.4, -0.2) is 8.07 Å². The van der Waals surface area contributed by atoms with Crippen molar-refractivity contribution in [2.24, 2.45) is 0 Å². The van der Waals surface area contributed by atoms with Gasteiger partial charge in [0.2, 0.25) is 0 Å².